The van der Waals surface area contributed by atoms with Crippen molar-refractivity contribution < 1.29 is 17.6 Å². The van der Waals surface area contributed by atoms with E-state index in [9.17, 15) is 13.2 Å². The number of halogens is 1. The number of carbonyl (C=O) groups is 1. The van der Waals surface area contributed by atoms with E-state index in [0.29, 0.717) is 22.0 Å². The van der Waals surface area contributed by atoms with Crippen molar-refractivity contribution in [3.05, 3.63) is 71.8 Å². The van der Waals surface area contributed by atoms with E-state index >= 15 is 0 Å². The highest BCUT2D eigenvalue weighted by molar-refractivity contribution is 7.92. The SMILES string of the molecule is CC[C@@H](C(=O)Nc1ccc2c(c1)oc1ccccc12)N(c1cccc(Cl)c1)S(C)(=O)=O. The Kier molecular flexibility index (Phi) is 5.64. The van der Waals surface area contributed by atoms with E-state index in [4.69, 9.17) is 16.0 Å². The fourth-order valence-electron chi connectivity index (χ4n) is 3.70. The number of sulfonamides is 1. The lowest BCUT2D eigenvalue weighted by Gasteiger charge is -2.30. The summed E-state index contributed by atoms with van der Waals surface area (Å²) in [5.41, 5.74) is 2.26. The van der Waals surface area contributed by atoms with Gasteiger partial charge in [0.2, 0.25) is 15.9 Å². The zero-order valence-electron chi connectivity index (χ0n) is 17.0. The summed E-state index contributed by atoms with van der Waals surface area (Å²) in [6.45, 7) is 1.76. The van der Waals surface area contributed by atoms with Crippen LogP contribution < -0.4 is 9.62 Å². The van der Waals surface area contributed by atoms with Crippen molar-refractivity contribution in [2.75, 3.05) is 15.9 Å². The average molecular weight is 457 g/mol. The highest BCUT2D eigenvalue weighted by Crippen LogP contribution is 2.31. The number of amides is 1. The standard InChI is InChI=1S/C23H21ClN2O4S/c1-3-20(26(31(2,28)29)17-8-6-7-15(24)13-17)23(27)25-16-11-12-19-18-9-4-5-10-21(18)30-22(19)14-16/h4-14,20H,3H2,1-2H3,(H,25,27)/t20-/m0/s1. The molecule has 0 unspecified atom stereocenters. The lowest BCUT2D eigenvalue weighted by atomic mass is 10.1. The molecule has 1 N–H and O–H groups in total. The number of fused-ring (bicyclic) bond motifs is 3. The zero-order chi connectivity index (χ0) is 22.2. The molecule has 0 aliphatic heterocycles. The van der Waals surface area contributed by atoms with Gasteiger partial charge in [0.25, 0.3) is 0 Å². The first-order chi connectivity index (χ1) is 14.8. The van der Waals surface area contributed by atoms with Gasteiger partial charge in [-0.3, -0.25) is 9.10 Å². The molecule has 1 amide bonds. The minimum absolute atomic E-state index is 0.276. The van der Waals surface area contributed by atoms with Crippen LogP contribution in [0.15, 0.2) is 71.1 Å². The van der Waals surface area contributed by atoms with Gasteiger partial charge in [-0.1, -0.05) is 42.8 Å². The molecule has 31 heavy (non-hydrogen) atoms. The third-order valence-electron chi connectivity index (χ3n) is 5.04. The van der Waals surface area contributed by atoms with Crippen LogP contribution in [-0.4, -0.2) is 26.6 Å². The maximum Gasteiger partial charge on any atom is 0.248 e. The van der Waals surface area contributed by atoms with Crippen LogP contribution >= 0.6 is 11.6 Å². The van der Waals surface area contributed by atoms with Gasteiger partial charge in [0, 0.05) is 27.5 Å². The molecule has 0 aliphatic rings. The molecule has 160 valence electrons. The van der Waals surface area contributed by atoms with Crippen molar-refractivity contribution in [3.8, 4) is 0 Å². The van der Waals surface area contributed by atoms with E-state index in [2.05, 4.69) is 5.32 Å². The second kappa shape index (κ2) is 8.24. The summed E-state index contributed by atoms with van der Waals surface area (Å²) in [4.78, 5) is 13.1. The largest absolute Gasteiger partial charge is 0.456 e. The molecule has 8 heteroatoms. The summed E-state index contributed by atoms with van der Waals surface area (Å²) >= 11 is 6.05. The number of hydrogen-bond acceptors (Lipinski definition) is 4. The van der Waals surface area contributed by atoms with Gasteiger partial charge in [0.05, 0.1) is 11.9 Å². The predicted octanol–water partition coefficient (Wildman–Crippen LogP) is 5.42. The molecule has 0 saturated heterocycles. The minimum atomic E-state index is -3.74. The maximum atomic E-state index is 13.1. The predicted molar refractivity (Wildman–Crippen MR) is 125 cm³/mol. The molecule has 0 spiro atoms. The lowest BCUT2D eigenvalue weighted by Crippen LogP contribution is -2.47. The summed E-state index contributed by atoms with van der Waals surface area (Å²) in [5, 5.41) is 5.15. The number of rotatable bonds is 6. The smallest absolute Gasteiger partial charge is 0.248 e. The van der Waals surface area contributed by atoms with Gasteiger partial charge in [-0.05, 0) is 42.8 Å². The van der Waals surface area contributed by atoms with Gasteiger partial charge >= 0.3 is 0 Å². The Hall–Kier alpha value is -3.03. The van der Waals surface area contributed by atoms with Gasteiger partial charge in [0.1, 0.15) is 17.2 Å². The van der Waals surface area contributed by atoms with E-state index in [1.807, 2.05) is 30.3 Å². The summed E-state index contributed by atoms with van der Waals surface area (Å²) in [5.74, 6) is -0.441. The van der Waals surface area contributed by atoms with Crippen LogP contribution in [0.2, 0.25) is 5.02 Å². The van der Waals surface area contributed by atoms with Crippen molar-refractivity contribution in [2.24, 2.45) is 0 Å². The quantitative estimate of drug-likeness (QED) is 0.420. The average Bonchev–Trinajstić information content (AvgIpc) is 3.08. The molecule has 1 atom stereocenters. The highest BCUT2D eigenvalue weighted by atomic mass is 35.5. The topological polar surface area (TPSA) is 79.6 Å². The second-order valence-corrected chi connectivity index (χ2v) is 9.56. The molecule has 1 aromatic heterocycles. The van der Waals surface area contributed by atoms with E-state index in [0.717, 1.165) is 26.9 Å². The monoisotopic (exact) mass is 456 g/mol. The summed E-state index contributed by atoms with van der Waals surface area (Å²) < 4.78 is 32.1. The van der Waals surface area contributed by atoms with E-state index in [1.54, 1.807) is 37.3 Å². The van der Waals surface area contributed by atoms with Gasteiger partial charge in [-0.15, -0.1) is 0 Å². The summed E-state index contributed by atoms with van der Waals surface area (Å²) in [7, 11) is -3.74. The molecule has 6 nitrogen and oxygen atoms in total. The van der Waals surface area contributed by atoms with Crippen LogP contribution in [0.3, 0.4) is 0 Å². The maximum absolute atomic E-state index is 13.1. The van der Waals surface area contributed by atoms with Crippen molar-refractivity contribution in [1.29, 1.82) is 0 Å². The third kappa shape index (κ3) is 4.24. The Morgan fingerprint density at radius 2 is 1.77 bits per heavy atom. The molecule has 4 rings (SSSR count). The third-order valence-corrected chi connectivity index (χ3v) is 6.45. The first-order valence-corrected chi connectivity index (χ1v) is 12.0. The Morgan fingerprint density at radius 3 is 2.48 bits per heavy atom. The molecule has 0 fully saturated rings. The first-order valence-electron chi connectivity index (χ1n) is 9.75. The number of nitrogens with one attached hydrogen (secondary N) is 1. The van der Waals surface area contributed by atoms with E-state index < -0.39 is 22.0 Å². The Bertz CT molecular complexity index is 1380. The lowest BCUT2D eigenvalue weighted by molar-refractivity contribution is -0.117. The fourth-order valence-corrected chi connectivity index (χ4v) is 5.09. The number of anilines is 2. The molecule has 0 aliphatic carbocycles. The number of hydrogen-bond donors (Lipinski definition) is 1. The molecular weight excluding hydrogens is 436 g/mol. The molecule has 0 bridgehead atoms. The Labute approximate surface area is 185 Å². The number of para-hydroxylation sites is 1. The molecule has 4 aromatic rings. The van der Waals surface area contributed by atoms with Crippen LogP contribution in [0.1, 0.15) is 13.3 Å². The minimum Gasteiger partial charge on any atom is -0.456 e. The van der Waals surface area contributed by atoms with Gasteiger partial charge < -0.3 is 9.73 Å². The van der Waals surface area contributed by atoms with Crippen molar-refractivity contribution in [1.82, 2.24) is 0 Å². The van der Waals surface area contributed by atoms with Crippen LogP contribution in [0.25, 0.3) is 21.9 Å². The first kappa shape index (κ1) is 21.2. The summed E-state index contributed by atoms with van der Waals surface area (Å²) in [6, 6.07) is 18.6. The number of benzene rings is 3. The van der Waals surface area contributed by atoms with Crippen LogP contribution in [0, 0.1) is 0 Å². The van der Waals surface area contributed by atoms with Crippen molar-refractivity contribution in [2.45, 2.75) is 19.4 Å². The molecule has 0 radical (unpaired) electrons. The van der Waals surface area contributed by atoms with Crippen LogP contribution in [-0.2, 0) is 14.8 Å². The Morgan fingerprint density at radius 1 is 1.03 bits per heavy atom. The van der Waals surface area contributed by atoms with Gasteiger partial charge in [0.15, 0.2) is 0 Å². The summed E-state index contributed by atoms with van der Waals surface area (Å²) in [6.07, 6.45) is 1.35. The molecule has 1 heterocycles. The number of furan rings is 1. The fraction of sp³-hybridized carbons (Fsp3) is 0.174. The molecular formula is C23H21ClN2O4S. The Balaban J connectivity index is 1.67. The van der Waals surface area contributed by atoms with E-state index in [1.165, 1.54) is 6.07 Å². The molecule has 0 saturated carbocycles. The second-order valence-electron chi connectivity index (χ2n) is 7.26. The van der Waals surface area contributed by atoms with Crippen LogP contribution in [0.4, 0.5) is 11.4 Å². The van der Waals surface area contributed by atoms with E-state index in [-0.39, 0.29) is 6.42 Å². The number of nitrogens with zero attached hydrogens (tertiary/aromatic N) is 1. The molecule has 3 aromatic carbocycles. The van der Waals surface area contributed by atoms with Gasteiger partial charge in [-0.25, -0.2) is 8.42 Å². The normalized spacial score (nSPS) is 12.7. The zero-order valence-corrected chi connectivity index (χ0v) is 18.6. The van der Waals surface area contributed by atoms with Crippen LogP contribution in [0.5, 0.6) is 0 Å². The number of carbonyl (C=O) groups excluding carboxylic acids is 1. The highest BCUT2D eigenvalue weighted by Gasteiger charge is 2.31. The van der Waals surface area contributed by atoms with Crippen molar-refractivity contribution >= 4 is 60.8 Å². The van der Waals surface area contributed by atoms with Gasteiger partial charge in [-0.2, -0.15) is 0 Å². The van der Waals surface area contributed by atoms with Crippen molar-refractivity contribution in [3.63, 3.8) is 0 Å².